The lowest BCUT2D eigenvalue weighted by molar-refractivity contribution is 0.666. The van der Waals surface area contributed by atoms with Gasteiger partial charge in [-0.05, 0) is 36.8 Å². The summed E-state index contributed by atoms with van der Waals surface area (Å²) >= 11 is 0. The molecule has 1 aromatic rings. The molecule has 0 amide bonds. The Morgan fingerprint density at radius 3 is 2.09 bits per heavy atom. The van der Waals surface area contributed by atoms with E-state index in [4.69, 9.17) is 0 Å². The summed E-state index contributed by atoms with van der Waals surface area (Å²) in [7, 11) is 0. The summed E-state index contributed by atoms with van der Waals surface area (Å²) in [6.45, 7) is 0. The summed E-state index contributed by atoms with van der Waals surface area (Å²) in [5.41, 5.74) is 3.06. The Labute approximate surface area is 68.3 Å². The molecule has 58 valence electrons. The van der Waals surface area contributed by atoms with Gasteiger partial charge >= 0.3 is 0 Å². The fourth-order valence-corrected chi connectivity index (χ4v) is 1.78. The minimum atomic E-state index is 1.29. The van der Waals surface area contributed by atoms with Gasteiger partial charge in [0.15, 0.2) is 0 Å². The van der Waals surface area contributed by atoms with Gasteiger partial charge in [-0.15, -0.1) is 0 Å². The molecule has 0 aromatic heterocycles. The maximum absolute atomic E-state index is 2.36. The predicted molar refractivity (Wildman–Crippen MR) is 47.7 cm³/mol. The molecule has 1 aliphatic carbocycles. The van der Waals surface area contributed by atoms with Crippen LogP contribution in [0.5, 0.6) is 0 Å². The van der Waals surface area contributed by atoms with E-state index in [2.05, 4.69) is 24.3 Å². The van der Waals surface area contributed by atoms with Crippen LogP contribution in [0.15, 0.2) is 24.3 Å². The van der Waals surface area contributed by atoms with Crippen molar-refractivity contribution in [3.8, 4) is 0 Å². The van der Waals surface area contributed by atoms with Gasteiger partial charge in [-0.25, -0.2) is 0 Å². The second-order valence-electron chi connectivity index (χ2n) is 3.38. The Hall–Kier alpha value is -0.780. The lowest BCUT2D eigenvalue weighted by atomic mass is 9.97. The predicted octanol–water partition coefficient (Wildman–Crippen LogP) is 2.96. The zero-order valence-electron chi connectivity index (χ0n) is 6.84. The van der Waals surface area contributed by atoms with Crippen LogP contribution in [0.25, 0.3) is 0 Å². The minimum Gasteiger partial charge on any atom is -0.0617 e. The number of rotatable bonds is 0. The van der Waals surface area contributed by atoms with Crippen LogP contribution >= 0.6 is 0 Å². The van der Waals surface area contributed by atoms with Crippen LogP contribution in [0.3, 0.4) is 0 Å². The Bertz CT molecular complexity index is 216. The van der Waals surface area contributed by atoms with Crippen LogP contribution < -0.4 is 0 Å². The zero-order valence-corrected chi connectivity index (χ0v) is 6.84. The zero-order chi connectivity index (χ0) is 7.52. The van der Waals surface area contributed by atoms with Gasteiger partial charge < -0.3 is 0 Å². The first kappa shape index (κ1) is 6.90. The fourth-order valence-electron chi connectivity index (χ4n) is 1.78. The average Bonchev–Trinajstić information content (AvgIpc) is 2.02. The largest absolute Gasteiger partial charge is 0.0617 e. The fraction of sp³-hybridized carbons (Fsp3) is 0.455. The van der Waals surface area contributed by atoms with E-state index >= 15 is 0 Å². The third kappa shape index (κ3) is 1.62. The highest BCUT2D eigenvalue weighted by atomic mass is 14.1. The van der Waals surface area contributed by atoms with Gasteiger partial charge in [0.25, 0.3) is 0 Å². The van der Waals surface area contributed by atoms with Gasteiger partial charge in [-0.3, -0.25) is 0 Å². The van der Waals surface area contributed by atoms with Crippen molar-refractivity contribution in [3.05, 3.63) is 35.4 Å². The van der Waals surface area contributed by atoms with Gasteiger partial charge in [-0.1, -0.05) is 30.7 Å². The molecule has 2 bridgehead atoms. The van der Waals surface area contributed by atoms with Gasteiger partial charge in [0.1, 0.15) is 0 Å². The molecule has 0 saturated heterocycles. The molecule has 0 heteroatoms. The molecule has 0 N–H and O–H groups in total. The van der Waals surface area contributed by atoms with Crippen LogP contribution in [-0.4, -0.2) is 0 Å². The molecule has 0 heterocycles. The average molecular weight is 146 g/mol. The lowest BCUT2D eigenvalue weighted by Gasteiger charge is -2.09. The molecule has 0 nitrogen and oxygen atoms in total. The Morgan fingerprint density at radius 1 is 0.818 bits per heavy atom. The van der Waals surface area contributed by atoms with Crippen molar-refractivity contribution in [1.82, 2.24) is 0 Å². The van der Waals surface area contributed by atoms with E-state index in [0.717, 1.165) is 0 Å². The Balaban J connectivity index is 2.30. The van der Waals surface area contributed by atoms with Crippen molar-refractivity contribution in [2.24, 2.45) is 0 Å². The van der Waals surface area contributed by atoms with Gasteiger partial charge in [0.05, 0.1) is 0 Å². The number of aryl methyl sites for hydroxylation is 2. The normalized spacial score (nSPS) is 17.1. The monoisotopic (exact) mass is 146 g/mol. The van der Waals surface area contributed by atoms with E-state index in [1.165, 1.54) is 43.2 Å². The van der Waals surface area contributed by atoms with Gasteiger partial charge in [0, 0.05) is 0 Å². The van der Waals surface area contributed by atoms with Crippen LogP contribution in [-0.2, 0) is 12.8 Å². The highest BCUT2D eigenvalue weighted by molar-refractivity contribution is 5.24. The number of hydrogen-bond donors (Lipinski definition) is 0. The Kier molecular flexibility index (Phi) is 1.93. The maximum atomic E-state index is 2.36. The first-order chi connectivity index (χ1) is 5.45. The van der Waals surface area contributed by atoms with E-state index in [1.807, 2.05) is 0 Å². The van der Waals surface area contributed by atoms with Crippen molar-refractivity contribution in [3.63, 3.8) is 0 Å². The SMILES string of the molecule is c1cc2cc(c1)CCCCC2. The Morgan fingerprint density at radius 2 is 1.45 bits per heavy atom. The van der Waals surface area contributed by atoms with Crippen molar-refractivity contribution in [2.45, 2.75) is 32.1 Å². The van der Waals surface area contributed by atoms with E-state index < -0.39 is 0 Å². The van der Waals surface area contributed by atoms with Crippen LogP contribution in [0.4, 0.5) is 0 Å². The molecule has 0 radical (unpaired) electrons. The number of benzene rings is 1. The maximum Gasteiger partial charge on any atom is -0.0279 e. The van der Waals surface area contributed by atoms with E-state index in [-0.39, 0.29) is 0 Å². The quantitative estimate of drug-likeness (QED) is 0.528. The molecule has 0 atom stereocenters. The summed E-state index contributed by atoms with van der Waals surface area (Å²) in [5, 5.41) is 0. The molecule has 2 rings (SSSR count). The van der Waals surface area contributed by atoms with Crippen molar-refractivity contribution >= 4 is 0 Å². The molecular weight excluding hydrogens is 132 g/mol. The summed E-state index contributed by atoms with van der Waals surface area (Å²) in [5.74, 6) is 0. The van der Waals surface area contributed by atoms with Crippen molar-refractivity contribution in [2.75, 3.05) is 0 Å². The minimum absolute atomic E-state index is 1.29. The first-order valence-electron chi connectivity index (χ1n) is 4.53. The molecule has 1 aliphatic rings. The summed E-state index contributed by atoms with van der Waals surface area (Å²) < 4.78 is 0. The van der Waals surface area contributed by atoms with E-state index in [1.54, 1.807) is 0 Å². The van der Waals surface area contributed by atoms with E-state index in [0.29, 0.717) is 0 Å². The van der Waals surface area contributed by atoms with Gasteiger partial charge in [0.2, 0.25) is 0 Å². The van der Waals surface area contributed by atoms with Crippen molar-refractivity contribution < 1.29 is 0 Å². The topological polar surface area (TPSA) is 0 Å². The molecule has 0 aliphatic heterocycles. The van der Waals surface area contributed by atoms with Gasteiger partial charge in [-0.2, -0.15) is 0 Å². The molecule has 11 heavy (non-hydrogen) atoms. The highest BCUT2D eigenvalue weighted by Crippen LogP contribution is 2.15. The number of hydrogen-bond acceptors (Lipinski definition) is 0. The molecule has 0 spiro atoms. The smallest absolute Gasteiger partial charge is 0.0279 e. The summed E-state index contributed by atoms with van der Waals surface area (Å²) in [4.78, 5) is 0. The van der Waals surface area contributed by atoms with Crippen LogP contribution in [0, 0.1) is 0 Å². The standard InChI is InChI=1S/C11H14/c1-2-5-10-7-4-8-11(9-10)6-3-1/h4,7-9H,1-3,5-6H2. The van der Waals surface area contributed by atoms with Crippen LogP contribution in [0.1, 0.15) is 30.4 Å². The highest BCUT2D eigenvalue weighted by Gasteiger charge is 2.00. The van der Waals surface area contributed by atoms with Crippen LogP contribution in [0.2, 0.25) is 0 Å². The number of fused-ring (bicyclic) bond motifs is 2. The third-order valence-electron chi connectivity index (χ3n) is 2.42. The molecule has 1 aromatic carbocycles. The summed E-state index contributed by atoms with van der Waals surface area (Å²) in [6, 6.07) is 9.04. The first-order valence-corrected chi connectivity index (χ1v) is 4.53. The van der Waals surface area contributed by atoms with E-state index in [9.17, 15) is 0 Å². The van der Waals surface area contributed by atoms with Crippen molar-refractivity contribution in [1.29, 1.82) is 0 Å². The molecule has 0 unspecified atom stereocenters. The summed E-state index contributed by atoms with van der Waals surface area (Å²) in [6.07, 6.45) is 6.73. The third-order valence-corrected chi connectivity index (χ3v) is 2.42. The molecule has 0 fully saturated rings. The second-order valence-corrected chi connectivity index (χ2v) is 3.38. The second kappa shape index (κ2) is 3.08. The lowest BCUT2D eigenvalue weighted by Crippen LogP contribution is -1.94. The molecular formula is C11H14. The molecule has 0 saturated carbocycles.